The lowest BCUT2D eigenvalue weighted by Gasteiger charge is -2.22. The predicted octanol–water partition coefficient (Wildman–Crippen LogP) is 4.74. The molecule has 30 heavy (non-hydrogen) atoms. The third-order valence-electron chi connectivity index (χ3n) is 5.17. The number of aromatic nitrogens is 1. The molecule has 1 aromatic heterocycles. The van der Waals surface area contributed by atoms with Gasteiger partial charge in [0.05, 0.1) is 23.7 Å². The summed E-state index contributed by atoms with van der Waals surface area (Å²) in [5, 5.41) is 16.1. The molecule has 2 aromatic carbocycles. The van der Waals surface area contributed by atoms with E-state index in [-0.39, 0.29) is 18.7 Å². The summed E-state index contributed by atoms with van der Waals surface area (Å²) < 4.78 is 0. The molecule has 1 unspecified atom stereocenters. The van der Waals surface area contributed by atoms with E-state index in [1.165, 1.54) is 5.01 Å². The highest BCUT2D eigenvalue weighted by molar-refractivity contribution is 6.30. The van der Waals surface area contributed by atoms with Crippen molar-refractivity contribution in [2.75, 3.05) is 0 Å². The van der Waals surface area contributed by atoms with E-state index in [1.807, 2.05) is 61.5 Å². The minimum Gasteiger partial charge on any atom is -0.481 e. The first-order valence-corrected chi connectivity index (χ1v) is 10.0. The van der Waals surface area contributed by atoms with Crippen molar-refractivity contribution in [3.05, 3.63) is 76.4 Å². The van der Waals surface area contributed by atoms with Gasteiger partial charge >= 0.3 is 5.97 Å². The van der Waals surface area contributed by atoms with Gasteiger partial charge in [0.25, 0.3) is 0 Å². The van der Waals surface area contributed by atoms with E-state index in [2.05, 4.69) is 10.1 Å². The number of halogens is 1. The zero-order chi connectivity index (χ0) is 21.3. The number of aliphatic carboxylic acids is 1. The Morgan fingerprint density at radius 1 is 1.13 bits per heavy atom. The van der Waals surface area contributed by atoms with E-state index in [1.54, 1.807) is 0 Å². The highest BCUT2D eigenvalue weighted by Gasteiger charge is 2.34. The van der Waals surface area contributed by atoms with Crippen LogP contribution in [0.2, 0.25) is 5.15 Å². The monoisotopic (exact) mass is 421 g/mol. The number of para-hydroxylation sites is 1. The van der Waals surface area contributed by atoms with Gasteiger partial charge in [0.15, 0.2) is 0 Å². The van der Waals surface area contributed by atoms with Crippen molar-refractivity contribution < 1.29 is 14.7 Å². The van der Waals surface area contributed by atoms with Crippen LogP contribution in [0.1, 0.15) is 42.0 Å². The molecule has 6 nitrogen and oxygen atoms in total. The number of hydrogen-bond acceptors (Lipinski definition) is 4. The van der Waals surface area contributed by atoms with E-state index in [0.717, 1.165) is 27.7 Å². The molecule has 1 N–H and O–H groups in total. The van der Waals surface area contributed by atoms with Crippen LogP contribution >= 0.6 is 11.6 Å². The molecule has 152 valence electrons. The number of hydrazone groups is 1. The summed E-state index contributed by atoms with van der Waals surface area (Å²) in [7, 11) is 0. The summed E-state index contributed by atoms with van der Waals surface area (Å²) in [4.78, 5) is 28.3. The number of benzene rings is 2. The van der Waals surface area contributed by atoms with Crippen LogP contribution in [0.25, 0.3) is 10.9 Å². The molecule has 3 aromatic rings. The van der Waals surface area contributed by atoms with Crippen LogP contribution in [0.15, 0.2) is 59.7 Å². The van der Waals surface area contributed by atoms with Gasteiger partial charge in [-0.05, 0) is 24.6 Å². The molecule has 0 fully saturated rings. The topological polar surface area (TPSA) is 82.9 Å². The number of rotatable bonds is 5. The molecule has 4 rings (SSSR count). The number of aryl methyl sites for hydroxylation is 1. The summed E-state index contributed by atoms with van der Waals surface area (Å²) in [6.45, 7) is 2.01. The Morgan fingerprint density at radius 2 is 1.87 bits per heavy atom. The van der Waals surface area contributed by atoms with Crippen molar-refractivity contribution in [1.29, 1.82) is 0 Å². The molecule has 0 bridgehead atoms. The van der Waals surface area contributed by atoms with E-state index in [9.17, 15) is 9.59 Å². The molecule has 2 heterocycles. The fraction of sp³-hybridized carbons (Fsp3) is 0.217. The Kier molecular flexibility index (Phi) is 5.50. The zero-order valence-corrected chi connectivity index (χ0v) is 17.1. The van der Waals surface area contributed by atoms with Crippen LogP contribution in [0, 0.1) is 6.92 Å². The largest absolute Gasteiger partial charge is 0.481 e. The molecule has 0 saturated carbocycles. The maximum absolute atomic E-state index is 12.8. The summed E-state index contributed by atoms with van der Waals surface area (Å²) in [5.41, 5.74) is 4.28. The lowest BCUT2D eigenvalue weighted by molar-refractivity contribution is -0.141. The Hall–Kier alpha value is -3.25. The van der Waals surface area contributed by atoms with E-state index in [0.29, 0.717) is 17.1 Å². The molecule has 0 saturated heterocycles. The molecule has 0 spiro atoms. The number of nitrogens with zero attached hydrogens (tertiary/aromatic N) is 3. The summed E-state index contributed by atoms with van der Waals surface area (Å²) in [6.07, 6.45) is 0.0951. The van der Waals surface area contributed by atoms with Crippen molar-refractivity contribution >= 4 is 40.1 Å². The quantitative estimate of drug-likeness (QED) is 0.603. The number of hydrogen-bond donors (Lipinski definition) is 1. The number of carbonyl (C=O) groups excluding carboxylic acids is 1. The maximum Gasteiger partial charge on any atom is 0.303 e. The molecule has 1 aliphatic heterocycles. The van der Waals surface area contributed by atoms with Crippen molar-refractivity contribution in [2.45, 2.75) is 32.2 Å². The maximum atomic E-state index is 12.8. The molecule has 1 atom stereocenters. The summed E-state index contributed by atoms with van der Waals surface area (Å²) in [5.74, 6) is -1.37. The molecular weight excluding hydrogens is 402 g/mol. The molecular formula is C23H20ClN3O3. The second kappa shape index (κ2) is 8.24. The summed E-state index contributed by atoms with van der Waals surface area (Å²) >= 11 is 6.50. The van der Waals surface area contributed by atoms with Crippen LogP contribution in [0.4, 0.5) is 0 Å². The van der Waals surface area contributed by atoms with Gasteiger partial charge in [-0.25, -0.2) is 9.99 Å². The van der Waals surface area contributed by atoms with Gasteiger partial charge < -0.3 is 5.11 Å². The zero-order valence-electron chi connectivity index (χ0n) is 16.4. The minimum atomic E-state index is -1.02. The third kappa shape index (κ3) is 4.04. The molecule has 0 radical (unpaired) electrons. The number of pyridine rings is 1. The fourth-order valence-electron chi connectivity index (χ4n) is 3.57. The molecule has 0 aliphatic carbocycles. The van der Waals surface area contributed by atoms with Crippen molar-refractivity contribution in [2.24, 2.45) is 5.10 Å². The standard InChI is InChI=1S/C23H20ClN3O3/c1-14-6-8-15(9-7-14)19-13-20(27(26-19)21(28)10-11-22(29)30)17-12-16-4-2-3-5-18(16)25-23(17)24/h2-9,12,20H,10-11,13H2,1H3,(H,29,30). The number of amides is 1. The van der Waals surface area contributed by atoms with Crippen LogP contribution in [0.3, 0.4) is 0 Å². The SMILES string of the molecule is Cc1ccc(C2=NN(C(=O)CCC(=O)O)C(c3cc4ccccc4nc3Cl)C2)cc1. The van der Waals surface area contributed by atoms with Crippen molar-refractivity contribution in [3.63, 3.8) is 0 Å². The normalized spacial score (nSPS) is 16.0. The van der Waals surface area contributed by atoms with Gasteiger partial charge in [-0.1, -0.05) is 59.6 Å². The van der Waals surface area contributed by atoms with E-state index >= 15 is 0 Å². The average molecular weight is 422 g/mol. The van der Waals surface area contributed by atoms with Crippen LogP contribution in [0.5, 0.6) is 0 Å². The Morgan fingerprint density at radius 3 is 2.60 bits per heavy atom. The second-order valence-electron chi connectivity index (χ2n) is 7.33. The van der Waals surface area contributed by atoms with Gasteiger partial charge in [0.2, 0.25) is 5.91 Å². The first-order valence-electron chi connectivity index (χ1n) is 9.66. The van der Waals surface area contributed by atoms with Gasteiger partial charge in [0, 0.05) is 23.8 Å². The Labute approximate surface area is 178 Å². The lowest BCUT2D eigenvalue weighted by atomic mass is 9.98. The number of carboxylic acids is 1. The number of carboxylic acid groups (broad SMARTS) is 1. The highest BCUT2D eigenvalue weighted by Crippen LogP contribution is 2.37. The number of fused-ring (bicyclic) bond motifs is 1. The first kappa shape index (κ1) is 20.0. The Bertz CT molecular complexity index is 1160. The van der Waals surface area contributed by atoms with Gasteiger partial charge in [-0.2, -0.15) is 5.10 Å². The molecule has 7 heteroatoms. The molecule has 1 amide bonds. The fourth-order valence-corrected chi connectivity index (χ4v) is 3.85. The smallest absolute Gasteiger partial charge is 0.303 e. The van der Waals surface area contributed by atoms with E-state index < -0.39 is 12.0 Å². The lowest BCUT2D eigenvalue weighted by Crippen LogP contribution is -2.27. The average Bonchev–Trinajstić information content (AvgIpc) is 3.17. The predicted molar refractivity (Wildman–Crippen MR) is 116 cm³/mol. The van der Waals surface area contributed by atoms with Gasteiger partial charge in [-0.15, -0.1) is 0 Å². The Balaban J connectivity index is 1.73. The van der Waals surface area contributed by atoms with Gasteiger partial charge in [-0.3, -0.25) is 9.59 Å². The first-order chi connectivity index (χ1) is 14.4. The minimum absolute atomic E-state index is 0.130. The number of carbonyl (C=O) groups is 2. The summed E-state index contributed by atoms with van der Waals surface area (Å²) in [6, 6.07) is 17.0. The van der Waals surface area contributed by atoms with E-state index in [4.69, 9.17) is 16.7 Å². The van der Waals surface area contributed by atoms with Crippen molar-refractivity contribution in [1.82, 2.24) is 9.99 Å². The molecule has 1 aliphatic rings. The van der Waals surface area contributed by atoms with Crippen LogP contribution in [-0.4, -0.2) is 32.7 Å². The third-order valence-corrected chi connectivity index (χ3v) is 5.47. The van der Waals surface area contributed by atoms with Crippen molar-refractivity contribution in [3.8, 4) is 0 Å². The van der Waals surface area contributed by atoms with Crippen LogP contribution in [-0.2, 0) is 9.59 Å². The highest BCUT2D eigenvalue weighted by atomic mass is 35.5. The van der Waals surface area contributed by atoms with Gasteiger partial charge in [0.1, 0.15) is 5.15 Å². The van der Waals surface area contributed by atoms with Crippen LogP contribution < -0.4 is 0 Å². The second-order valence-corrected chi connectivity index (χ2v) is 7.68.